The van der Waals surface area contributed by atoms with Crippen LogP contribution in [0.25, 0.3) is 0 Å². The van der Waals surface area contributed by atoms with E-state index in [1.165, 1.54) is 36.8 Å². The third kappa shape index (κ3) is 6.11. The second kappa shape index (κ2) is 10.7. The fourth-order valence-electron chi connectivity index (χ4n) is 3.55. The Bertz CT molecular complexity index is 816. The molecule has 1 aliphatic rings. The average molecular weight is 444 g/mol. The van der Waals surface area contributed by atoms with Crippen LogP contribution in [0.15, 0.2) is 52.5 Å². The number of methoxy groups -OCH3 is 1. The second-order valence-electron chi connectivity index (χ2n) is 7.41. The van der Waals surface area contributed by atoms with Crippen LogP contribution in [0.1, 0.15) is 48.8 Å². The van der Waals surface area contributed by atoms with Crippen LogP contribution < -0.4 is 14.8 Å². The highest BCUT2D eigenvalue weighted by Gasteiger charge is 2.11. The highest BCUT2D eigenvalue weighted by Crippen LogP contribution is 2.34. The predicted octanol–water partition coefficient (Wildman–Crippen LogP) is 6.33. The Morgan fingerprint density at radius 3 is 2.75 bits per heavy atom. The van der Waals surface area contributed by atoms with Crippen molar-refractivity contribution < 1.29 is 9.47 Å². The lowest BCUT2D eigenvalue weighted by Crippen LogP contribution is -2.16. The van der Waals surface area contributed by atoms with Crippen LogP contribution in [-0.4, -0.2) is 13.7 Å². The zero-order chi connectivity index (χ0) is 19.8. The maximum Gasteiger partial charge on any atom is 0.162 e. The first-order chi connectivity index (χ1) is 13.7. The molecule has 3 nitrogen and oxygen atoms in total. The van der Waals surface area contributed by atoms with E-state index in [1.807, 2.05) is 6.07 Å². The van der Waals surface area contributed by atoms with Crippen LogP contribution in [0.3, 0.4) is 0 Å². The lowest BCUT2D eigenvalue weighted by atomic mass is 9.97. The normalized spacial score (nSPS) is 13.9. The summed E-state index contributed by atoms with van der Waals surface area (Å²) in [7, 11) is 1.69. The van der Waals surface area contributed by atoms with Crippen molar-refractivity contribution in [2.24, 2.45) is 0 Å². The standard InChI is InChI=1S/C24H30BrNO2/c1-18-7-6-10-20(13-18)17-28-24-15-22(25)21(14-23(24)27-2)16-26-12-11-19-8-4-3-5-9-19/h6-8,10,13-15,26H,3-5,9,11-12,16-17H2,1-2H3. The van der Waals surface area contributed by atoms with E-state index in [4.69, 9.17) is 9.47 Å². The molecule has 0 spiro atoms. The SMILES string of the molecule is COc1cc(CNCCC2=CCCCC2)c(Br)cc1OCc1cccc(C)c1. The Labute approximate surface area is 177 Å². The Hall–Kier alpha value is -1.78. The lowest BCUT2D eigenvalue weighted by Gasteiger charge is -2.16. The smallest absolute Gasteiger partial charge is 0.162 e. The van der Waals surface area contributed by atoms with Crippen molar-refractivity contribution in [3.8, 4) is 11.5 Å². The third-order valence-corrected chi connectivity index (χ3v) is 5.87. The summed E-state index contributed by atoms with van der Waals surface area (Å²) in [5, 5.41) is 3.56. The molecule has 2 aromatic rings. The van der Waals surface area contributed by atoms with Crippen LogP contribution in [-0.2, 0) is 13.2 Å². The van der Waals surface area contributed by atoms with Crippen LogP contribution in [0.5, 0.6) is 11.5 Å². The van der Waals surface area contributed by atoms with Crippen molar-refractivity contribution in [3.63, 3.8) is 0 Å². The molecule has 3 rings (SSSR count). The van der Waals surface area contributed by atoms with Crippen molar-refractivity contribution in [3.05, 3.63) is 69.2 Å². The quantitative estimate of drug-likeness (QED) is 0.362. The molecule has 0 bridgehead atoms. The minimum Gasteiger partial charge on any atom is -0.493 e. The van der Waals surface area contributed by atoms with Gasteiger partial charge in [0.15, 0.2) is 11.5 Å². The van der Waals surface area contributed by atoms with Gasteiger partial charge in [0, 0.05) is 11.0 Å². The van der Waals surface area contributed by atoms with Gasteiger partial charge in [0.25, 0.3) is 0 Å². The third-order valence-electron chi connectivity index (χ3n) is 5.13. The van der Waals surface area contributed by atoms with Gasteiger partial charge in [0.1, 0.15) is 6.61 Å². The predicted molar refractivity (Wildman–Crippen MR) is 119 cm³/mol. The van der Waals surface area contributed by atoms with Crippen LogP contribution in [0.2, 0.25) is 0 Å². The van der Waals surface area contributed by atoms with Crippen LogP contribution >= 0.6 is 15.9 Å². The van der Waals surface area contributed by atoms with E-state index in [9.17, 15) is 0 Å². The van der Waals surface area contributed by atoms with E-state index in [0.29, 0.717) is 6.61 Å². The minimum atomic E-state index is 0.525. The summed E-state index contributed by atoms with van der Waals surface area (Å²) in [5.41, 5.74) is 5.17. The summed E-state index contributed by atoms with van der Waals surface area (Å²) in [6.07, 6.45) is 8.78. The number of benzene rings is 2. The Morgan fingerprint density at radius 1 is 1.11 bits per heavy atom. The number of hydrogen-bond donors (Lipinski definition) is 1. The summed E-state index contributed by atoms with van der Waals surface area (Å²) in [6.45, 7) is 4.43. The number of ether oxygens (including phenoxy) is 2. The first kappa shape index (κ1) is 20.9. The molecule has 0 heterocycles. The van der Waals surface area contributed by atoms with E-state index < -0.39 is 0 Å². The molecule has 0 aromatic heterocycles. The van der Waals surface area contributed by atoms with E-state index >= 15 is 0 Å². The van der Waals surface area contributed by atoms with Crippen LogP contribution in [0, 0.1) is 6.92 Å². The van der Waals surface area contributed by atoms with Crippen molar-refractivity contribution >= 4 is 15.9 Å². The highest BCUT2D eigenvalue weighted by molar-refractivity contribution is 9.10. The zero-order valence-electron chi connectivity index (χ0n) is 16.9. The van der Waals surface area contributed by atoms with Gasteiger partial charge >= 0.3 is 0 Å². The molecule has 0 saturated carbocycles. The number of hydrogen-bond acceptors (Lipinski definition) is 3. The van der Waals surface area contributed by atoms with E-state index in [1.54, 1.807) is 12.7 Å². The lowest BCUT2D eigenvalue weighted by molar-refractivity contribution is 0.284. The van der Waals surface area contributed by atoms with Gasteiger partial charge in [0.05, 0.1) is 7.11 Å². The number of allylic oxidation sites excluding steroid dienone is 1. The molecule has 4 heteroatoms. The second-order valence-corrected chi connectivity index (χ2v) is 8.26. The van der Waals surface area contributed by atoms with Gasteiger partial charge < -0.3 is 14.8 Å². The number of nitrogens with one attached hydrogen (secondary N) is 1. The van der Waals surface area contributed by atoms with Crippen molar-refractivity contribution in [2.45, 2.75) is 52.2 Å². The molecule has 1 aliphatic carbocycles. The van der Waals surface area contributed by atoms with Gasteiger partial charge in [-0.15, -0.1) is 0 Å². The zero-order valence-corrected chi connectivity index (χ0v) is 18.5. The molecule has 2 aromatic carbocycles. The van der Waals surface area contributed by atoms with Gasteiger partial charge in [-0.25, -0.2) is 0 Å². The van der Waals surface area contributed by atoms with Crippen molar-refractivity contribution in [1.82, 2.24) is 5.32 Å². The summed E-state index contributed by atoms with van der Waals surface area (Å²) in [4.78, 5) is 0. The largest absolute Gasteiger partial charge is 0.493 e. The van der Waals surface area contributed by atoms with Gasteiger partial charge in [-0.05, 0) is 68.8 Å². The summed E-state index contributed by atoms with van der Waals surface area (Å²) in [6, 6.07) is 12.4. The number of aryl methyl sites for hydroxylation is 1. The molecule has 1 N–H and O–H groups in total. The minimum absolute atomic E-state index is 0.525. The molecular formula is C24H30BrNO2. The molecule has 0 unspecified atom stereocenters. The fraction of sp³-hybridized carbons (Fsp3) is 0.417. The molecule has 0 aliphatic heterocycles. The molecule has 0 radical (unpaired) electrons. The Balaban J connectivity index is 1.56. The van der Waals surface area contributed by atoms with Crippen molar-refractivity contribution in [2.75, 3.05) is 13.7 Å². The van der Waals surface area contributed by atoms with Crippen molar-refractivity contribution in [1.29, 1.82) is 0 Å². The van der Waals surface area contributed by atoms with Gasteiger partial charge in [0.2, 0.25) is 0 Å². The molecule has 150 valence electrons. The molecule has 28 heavy (non-hydrogen) atoms. The maximum atomic E-state index is 6.03. The van der Waals surface area contributed by atoms with Gasteiger partial charge in [-0.1, -0.05) is 57.4 Å². The first-order valence-electron chi connectivity index (χ1n) is 10.1. The summed E-state index contributed by atoms with van der Waals surface area (Å²) in [5.74, 6) is 1.52. The molecule has 0 atom stereocenters. The monoisotopic (exact) mass is 443 g/mol. The van der Waals surface area contributed by atoms with Gasteiger partial charge in [-0.3, -0.25) is 0 Å². The van der Waals surface area contributed by atoms with Crippen LogP contribution in [0.4, 0.5) is 0 Å². The fourth-order valence-corrected chi connectivity index (χ4v) is 4.01. The van der Waals surface area contributed by atoms with Gasteiger partial charge in [-0.2, -0.15) is 0 Å². The first-order valence-corrected chi connectivity index (χ1v) is 10.9. The maximum absolute atomic E-state index is 6.03. The van der Waals surface area contributed by atoms with E-state index in [2.05, 4.69) is 64.6 Å². The van der Waals surface area contributed by atoms with E-state index in [-0.39, 0.29) is 0 Å². The number of rotatable bonds is 9. The molecule has 0 amide bonds. The molecule has 0 fully saturated rings. The summed E-state index contributed by atoms with van der Waals surface area (Å²) >= 11 is 3.69. The highest BCUT2D eigenvalue weighted by atomic mass is 79.9. The summed E-state index contributed by atoms with van der Waals surface area (Å²) < 4.78 is 12.6. The Kier molecular flexibility index (Phi) is 7.99. The molecule has 0 saturated heterocycles. The van der Waals surface area contributed by atoms with E-state index in [0.717, 1.165) is 41.0 Å². The Morgan fingerprint density at radius 2 is 2.00 bits per heavy atom. The number of halogens is 1. The average Bonchev–Trinajstić information content (AvgIpc) is 2.71. The molecular weight excluding hydrogens is 414 g/mol. The topological polar surface area (TPSA) is 30.5 Å².